The fraction of sp³-hybridized carbons (Fsp3) is 0.538. The van der Waals surface area contributed by atoms with Gasteiger partial charge in [-0.3, -0.25) is 0 Å². The van der Waals surface area contributed by atoms with Crippen molar-refractivity contribution < 1.29 is 9.84 Å². The van der Waals surface area contributed by atoms with E-state index < -0.39 is 0 Å². The zero-order valence-corrected chi connectivity index (χ0v) is 10.8. The Hall–Kier alpha value is -0.510. The molecule has 1 N–H and O–H groups in total. The highest BCUT2D eigenvalue weighted by atomic mass is 32.2. The van der Waals surface area contributed by atoms with E-state index >= 15 is 0 Å². The van der Waals surface area contributed by atoms with Crippen molar-refractivity contribution in [3.8, 4) is 0 Å². The van der Waals surface area contributed by atoms with Gasteiger partial charge >= 0.3 is 0 Å². The van der Waals surface area contributed by atoms with Gasteiger partial charge in [0.25, 0.3) is 0 Å². The maximum Gasteiger partial charge on any atom is 0.0635 e. The van der Waals surface area contributed by atoms with Gasteiger partial charge in [-0.2, -0.15) is 0 Å². The van der Waals surface area contributed by atoms with Crippen LogP contribution in [0.4, 0.5) is 0 Å². The average molecular weight is 240 g/mol. The molecule has 90 valence electrons. The third-order valence-corrected chi connectivity index (χ3v) is 3.73. The summed E-state index contributed by atoms with van der Waals surface area (Å²) in [4.78, 5) is 1.26. The summed E-state index contributed by atoms with van der Waals surface area (Å²) in [5.41, 5.74) is 1.27. The molecule has 1 rings (SSSR count). The molecular weight excluding hydrogens is 220 g/mol. The molecule has 0 spiro atoms. The summed E-state index contributed by atoms with van der Waals surface area (Å²) in [6, 6.07) is 8.27. The quantitative estimate of drug-likeness (QED) is 0.587. The van der Waals surface area contributed by atoms with Gasteiger partial charge in [0.2, 0.25) is 0 Å². The second-order valence-electron chi connectivity index (χ2n) is 3.87. The Morgan fingerprint density at radius 1 is 1.38 bits per heavy atom. The molecule has 2 nitrogen and oxygen atoms in total. The summed E-state index contributed by atoms with van der Waals surface area (Å²) >= 11 is 1.72. The lowest BCUT2D eigenvalue weighted by Gasteiger charge is -2.10. The lowest BCUT2D eigenvalue weighted by atomic mass is 10.2. The van der Waals surface area contributed by atoms with Crippen molar-refractivity contribution in [2.75, 3.05) is 19.5 Å². The Morgan fingerprint density at radius 3 is 2.81 bits per heavy atom. The van der Waals surface area contributed by atoms with Gasteiger partial charge in [-0.25, -0.2) is 0 Å². The minimum atomic E-state index is -0.236. The number of aryl methyl sites for hydroxylation is 1. The maximum absolute atomic E-state index is 9.75. The van der Waals surface area contributed by atoms with Crippen LogP contribution in [0, 0.1) is 6.92 Å². The molecule has 0 aliphatic carbocycles. The van der Waals surface area contributed by atoms with Crippen molar-refractivity contribution in [3.05, 3.63) is 29.8 Å². The van der Waals surface area contributed by atoms with E-state index in [0.29, 0.717) is 0 Å². The van der Waals surface area contributed by atoms with Crippen LogP contribution in [0.3, 0.4) is 0 Å². The number of rotatable bonds is 7. The number of ether oxygens (including phenoxy) is 1. The van der Waals surface area contributed by atoms with E-state index in [0.717, 1.165) is 25.2 Å². The Kier molecular flexibility index (Phi) is 6.53. The zero-order valence-electron chi connectivity index (χ0n) is 9.98. The molecule has 3 heteroatoms. The van der Waals surface area contributed by atoms with E-state index in [4.69, 9.17) is 4.74 Å². The van der Waals surface area contributed by atoms with E-state index in [1.54, 1.807) is 18.9 Å². The lowest BCUT2D eigenvalue weighted by molar-refractivity contribution is 0.149. The first kappa shape index (κ1) is 13.6. The molecule has 0 saturated carbocycles. The largest absolute Gasteiger partial charge is 0.392 e. The van der Waals surface area contributed by atoms with Gasteiger partial charge in [0.1, 0.15) is 0 Å². The summed E-state index contributed by atoms with van der Waals surface area (Å²) in [6.45, 7) is 2.83. The maximum atomic E-state index is 9.75. The number of thioether (sulfide) groups is 1. The summed E-state index contributed by atoms with van der Waals surface area (Å²) in [5.74, 6) is 0.758. The number of hydrogen-bond donors (Lipinski definition) is 1. The van der Waals surface area contributed by atoms with Gasteiger partial charge in [-0.05, 0) is 31.4 Å². The molecule has 0 radical (unpaired) electrons. The van der Waals surface area contributed by atoms with Crippen LogP contribution in [-0.2, 0) is 4.74 Å². The number of methoxy groups -OCH3 is 1. The van der Waals surface area contributed by atoms with Crippen LogP contribution in [0.15, 0.2) is 29.2 Å². The first-order chi connectivity index (χ1) is 7.74. The molecule has 0 fully saturated rings. The molecule has 1 atom stereocenters. The highest BCUT2D eigenvalue weighted by Crippen LogP contribution is 2.23. The van der Waals surface area contributed by atoms with Gasteiger partial charge in [0, 0.05) is 24.4 Å². The standard InChI is InChI=1S/C13H20O2S/c1-11-6-3-4-8-13(11)16-10-12(14)7-5-9-15-2/h3-4,6,8,12,14H,5,7,9-10H2,1-2H3. The third kappa shape index (κ3) is 5.01. The van der Waals surface area contributed by atoms with Crippen molar-refractivity contribution in [1.82, 2.24) is 0 Å². The SMILES string of the molecule is COCCCC(O)CSc1ccccc1C. The van der Waals surface area contributed by atoms with Gasteiger partial charge in [-0.1, -0.05) is 18.2 Å². The van der Waals surface area contributed by atoms with Crippen molar-refractivity contribution in [1.29, 1.82) is 0 Å². The van der Waals surface area contributed by atoms with E-state index in [2.05, 4.69) is 19.1 Å². The molecular formula is C13H20O2S. The highest BCUT2D eigenvalue weighted by molar-refractivity contribution is 7.99. The van der Waals surface area contributed by atoms with Crippen LogP contribution < -0.4 is 0 Å². The van der Waals surface area contributed by atoms with Gasteiger partial charge < -0.3 is 9.84 Å². The van der Waals surface area contributed by atoms with Crippen LogP contribution >= 0.6 is 11.8 Å². The van der Waals surface area contributed by atoms with Crippen molar-refractivity contribution in [3.63, 3.8) is 0 Å². The Morgan fingerprint density at radius 2 is 2.12 bits per heavy atom. The summed E-state index contributed by atoms with van der Waals surface area (Å²) < 4.78 is 4.96. The molecule has 0 aliphatic heterocycles. The summed E-state index contributed by atoms with van der Waals surface area (Å²) in [5, 5.41) is 9.75. The van der Waals surface area contributed by atoms with Crippen LogP contribution in [-0.4, -0.2) is 30.7 Å². The predicted molar refractivity (Wildman–Crippen MR) is 69.0 cm³/mol. The number of aliphatic hydroxyl groups is 1. The molecule has 0 saturated heterocycles. The Balaban J connectivity index is 2.26. The molecule has 0 amide bonds. The van der Waals surface area contributed by atoms with Crippen LogP contribution in [0.25, 0.3) is 0 Å². The lowest BCUT2D eigenvalue weighted by Crippen LogP contribution is -2.10. The molecule has 1 aromatic carbocycles. The number of aliphatic hydroxyl groups excluding tert-OH is 1. The predicted octanol–water partition coefficient (Wildman–Crippen LogP) is 2.87. The van der Waals surface area contributed by atoms with Crippen LogP contribution in [0.5, 0.6) is 0 Å². The highest BCUT2D eigenvalue weighted by Gasteiger charge is 2.05. The van der Waals surface area contributed by atoms with Crippen molar-refractivity contribution in [2.24, 2.45) is 0 Å². The van der Waals surface area contributed by atoms with Gasteiger partial charge in [0.15, 0.2) is 0 Å². The van der Waals surface area contributed by atoms with Gasteiger partial charge in [0.05, 0.1) is 6.10 Å². The second kappa shape index (κ2) is 7.71. The molecule has 1 unspecified atom stereocenters. The number of hydrogen-bond acceptors (Lipinski definition) is 3. The Labute approximate surface area is 102 Å². The van der Waals surface area contributed by atoms with Crippen LogP contribution in [0.2, 0.25) is 0 Å². The van der Waals surface area contributed by atoms with Crippen LogP contribution in [0.1, 0.15) is 18.4 Å². The topological polar surface area (TPSA) is 29.5 Å². The first-order valence-corrected chi connectivity index (χ1v) is 6.58. The number of benzene rings is 1. The molecule has 16 heavy (non-hydrogen) atoms. The molecule has 0 bridgehead atoms. The van der Waals surface area contributed by atoms with E-state index in [9.17, 15) is 5.11 Å². The smallest absolute Gasteiger partial charge is 0.0635 e. The minimum absolute atomic E-state index is 0.236. The fourth-order valence-corrected chi connectivity index (χ4v) is 2.46. The minimum Gasteiger partial charge on any atom is -0.392 e. The molecule has 1 aromatic rings. The van der Waals surface area contributed by atoms with E-state index in [1.165, 1.54) is 10.5 Å². The summed E-state index contributed by atoms with van der Waals surface area (Å²) in [6.07, 6.45) is 1.50. The van der Waals surface area contributed by atoms with E-state index in [1.807, 2.05) is 12.1 Å². The van der Waals surface area contributed by atoms with E-state index in [-0.39, 0.29) is 6.10 Å². The van der Waals surface area contributed by atoms with Crippen molar-refractivity contribution >= 4 is 11.8 Å². The molecule has 0 aromatic heterocycles. The molecule has 0 heterocycles. The average Bonchev–Trinajstić information content (AvgIpc) is 2.28. The van der Waals surface area contributed by atoms with Gasteiger partial charge in [-0.15, -0.1) is 11.8 Å². The fourth-order valence-electron chi connectivity index (χ4n) is 1.45. The third-order valence-electron chi connectivity index (χ3n) is 2.41. The normalized spacial score (nSPS) is 12.7. The van der Waals surface area contributed by atoms with Crippen molar-refractivity contribution in [2.45, 2.75) is 30.8 Å². The monoisotopic (exact) mass is 240 g/mol. The molecule has 0 aliphatic rings. The zero-order chi connectivity index (χ0) is 11.8. The second-order valence-corrected chi connectivity index (χ2v) is 4.93. The summed E-state index contributed by atoms with van der Waals surface area (Å²) in [7, 11) is 1.69. The first-order valence-electron chi connectivity index (χ1n) is 5.59. The Bertz CT molecular complexity index is 302.